The van der Waals surface area contributed by atoms with Gasteiger partial charge in [-0.25, -0.2) is 0 Å². The van der Waals surface area contributed by atoms with Crippen molar-refractivity contribution in [3.63, 3.8) is 0 Å². The summed E-state index contributed by atoms with van der Waals surface area (Å²) in [7, 11) is 0. The Hall–Kier alpha value is -1.56. The number of nitrogens with one attached hydrogen (secondary N) is 2. The third-order valence-electron chi connectivity index (χ3n) is 1.86. The standard InChI is InChI=1S/C9H16N4O2/c1-3-15-5-6(2)12-9(14)7-4-11-13-8(7)10/h4,6H,3,5H2,1-2H3,(H,12,14)(H3,10,11,13). The molecule has 1 aromatic rings. The molecule has 0 saturated carbocycles. The van der Waals surface area contributed by atoms with Gasteiger partial charge in [0.1, 0.15) is 11.4 Å². The van der Waals surface area contributed by atoms with Crippen molar-refractivity contribution in [2.24, 2.45) is 0 Å². The van der Waals surface area contributed by atoms with E-state index in [-0.39, 0.29) is 17.8 Å². The molecule has 1 heterocycles. The SMILES string of the molecule is CCOCC(C)NC(=O)c1cn[nH]c1N. The number of anilines is 1. The summed E-state index contributed by atoms with van der Waals surface area (Å²) in [5.74, 6) is 0.0320. The van der Waals surface area contributed by atoms with Crippen molar-refractivity contribution in [3.8, 4) is 0 Å². The molecule has 1 amide bonds. The minimum Gasteiger partial charge on any atom is -0.383 e. The first-order valence-corrected chi connectivity index (χ1v) is 4.82. The van der Waals surface area contributed by atoms with Crippen molar-refractivity contribution in [2.45, 2.75) is 19.9 Å². The summed E-state index contributed by atoms with van der Waals surface area (Å²) >= 11 is 0. The average molecular weight is 212 g/mol. The summed E-state index contributed by atoms with van der Waals surface area (Å²) < 4.78 is 5.17. The molecule has 0 saturated heterocycles. The molecule has 0 aromatic carbocycles. The van der Waals surface area contributed by atoms with Gasteiger partial charge in [-0.15, -0.1) is 0 Å². The van der Waals surface area contributed by atoms with Crippen LogP contribution in [0.4, 0.5) is 5.82 Å². The Bertz CT molecular complexity index is 324. The number of nitrogens with zero attached hydrogens (tertiary/aromatic N) is 1. The topological polar surface area (TPSA) is 93.0 Å². The predicted molar refractivity (Wildman–Crippen MR) is 56.4 cm³/mol. The molecule has 1 rings (SSSR count). The van der Waals surface area contributed by atoms with Gasteiger partial charge < -0.3 is 15.8 Å². The Morgan fingerprint density at radius 2 is 2.53 bits per heavy atom. The first-order chi connectivity index (χ1) is 7.15. The minimum atomic E-state index is -0.242. The van der Waals surface area contributed by atoms with Crippen LogP contribution in [0.3, 0.4) is 0 Å². The zero-order valence-corrected chi connectivity index (χ0v) is 8.91. The molecule has 1 aromatic heterocycles. The molecule has 1 atom stereocenters. The lowest BCUT2D eigenvalue weighted by atomic mass is 10.2. The second-order valence-corrected chi connectivity index (χ2v) is 3.23. The molecule has 15 heavy (non-hydrogen) atoms. The Morgan fingerprint density at radius 1 is 1.80 bits per heavy atom. The van der Waals surface area contributed by atoms with Crippen molar-refractivity contribution < 1.29 is 9.53 Å². The minimum absolute atomic E-state index is 0.0493. The van der Waals surface area contributed by atoms with Crippen LogP contribution in [0.15, 0.2) is 6.20 Å². The van der Waals surface area contributed by atoms with Crippen molar-refractivity contribution in [1.82, 2.24) is 15.5 Å². The van der Waals surface area contributed by atoms with Crippen molar-refractivity contribution >= 4 is 11.7 Å². The lowest BCUT2D eigenvalue weighted by Gasteiger charge is -2.12. The van der Waals surface area contributed by atoms with Crippen LogP contribution in [0.25, 0.3) is 0 Å². The van der Waals surface area contributed by atoms with Gasteiger partial charge in [-0.2, -0.15) is 5.10 Å². The number of nitrogens with two attached hydrogens (primary N) is 1. The zero-order chi connectivity index (χ0) is 11.3. The van der Waals surface area contributed by atoms with E-state index in [1.54, 1.807) is 0 Å². The second-order valence-electron chi connectivity index (χ2n) is 3.23. The van der Waals surface area contributed by atoms with Gasteiger partial charge in [0, 0.05) is 12.6 Å². The van der Waals surface area contributed by atoms with Crippen LogP contribution in [0.2, 0.25) is 0 Å². The molecule has 6 heteroatoms. The molecule has 0 fully saturated rings. The molecule has 84 valence electrons. The maximum Gasteiger partial charge on any atom is 0.256 e. The highest BCUT2D eigenvalue weighted by atomic mass is 16.5. The number of carbonyl (C=O) groups excluding carboxylic acids is 1. The summed E-state index contributed by atoms with van der Waals surface area (Å²) in [6.45, 7) is 4.89. The fourth-order valence-corrected chi connectivity index (χ4v) is 1.11. The van der Waals surface area contributed by atoms with E-state index >= 15 is 0 Å². The molecule has 0 aliphatic carbocycles. The maximum absolute atomic E-state index is 11.6. The Labute approximate surface area is 88.2 Å². The van der Waals surface area contributed by atoms with E-state index in [1.807, 2.05) is 13.8 Å². The van der Waals surface area contributed by atoms with Gasteiger partial charge in [0.2, 0.25) is 0 Å². The number of aromatic nitrogens is 2. The highest BCUT2D eigenvalue weighted by Crippen LogP contribution is 2.05. The van der Waals surface area contributed by atoms with E-state index in [1.165, 1.54) is 6.20 Å². The van der Waals surface area contributed by atoms with Crippen molar-refractivity contribution in [1.29, 1.82) is 0 Å². The first-order valence-electron chi connectivity index (χ1n) is 4.82. The van der Waals surface area contributed by atoms with E-state index < -0.39 is 0 Å². The van der Waals surface area contributed by atoms with Gasteiger partial charge >= 0.3 is 0 Å². The molecule has 6 nitrogen and oxygen atoms in total. The Balaban J connectivity index is 2.46. The molecule has 1 unspecified atom stereocenters. The Morgan fingerprint density at radius 3 is 3.07 bits per heavy atom. The van der Waals surface area contributed by atoms with Gasteiger partial charge in [-0.1, -0.05) is 0 Å². The highest BCUT2D eigenvalue weighted by molar-refractivity contribution is 5.98. The van der Waals surface area contributed by atoms with E-state index in [9.17, 15) is 4.79 Å². The number of hydrogen-bond donors (Lipinski definition) is 3. The maximum atomic E-state index is 11.6. The zero-order valence-electron chi connectivity index (χ0n) is 8.91. The molecule has 0 radical (unpaired) electrons. The third-order valence-corrected chi connectivity index (χ3v) is 1.86. The van der Waals surface area contributed by atoms with E-state index in [0.717, 1.165) is 0 Å². The number of hydrogen-bond acceptors (Lipinski definition) is 4. The number of H-pyrrole nitrogens is 1. The molecule has 4 N–H and O–H groups in total. The van der Waals surface area contributed by atoms with Crippen LogP contribution in [-0.2, 0) is 4.74 Å². The van der Waals surface area contributed by atoms with Crippen LogP contribution in [-0.4, -0.2) is 35.4 Å². The summed E-state index contributed by atoms with van der Waals surface area (Å²) in [5.41, 5.74) is 5.87. The fraction of sp³-hybridized carbons (Fsp3) is 0.556. The molecule has 0 aliphatic heterocycles. The fourth-order valence-electron chi connectivity index (χ4n) is 1.11. The van der Waals surface area contributed by atoms with Crippen molar-refractivity contribution in [2.75, 3.05) is 18.9 Å². The van der Waals surface area contributed by atoms with Crippen LogP contribution >= 0.6 is 0 Å². The van der Waals surface area contributed by atoms with E-state index in [2.05, 4.69) is 15.5 Å². The number of ether oxygens (including phenoxy) is 1. The smallest absolute Gasteiger partial charge is 0.256 e. The summed E-state index contributed by atoms with van der Waals surface area (Å²) in [6.07, 6.45) is 1.40. The van der Waals surface area contributed by atoms with Gasteiger partial charge in [0.15, 0.2) is 0 Å². The van der Waals surface area contributed by atoms with Gasteiger partial charge in [0.25, 0.3) is 5.91 Å². The monoisotopic (exact) mass is 212 g/mol. The molecule has 0 aliphatic rings. The summed E-state index contributed by atoms with van der Waals surface area (Å²) in [5, 5.41) is 8.93. The third kappa shape index (κ3) is 3.25. The highest BCUT2D eigenvalue weighted by Gasteiger charge is 2.13. The van der Waals surface area contributed by atoms with Crippen LogP contribution in [0.5, 0.6) is 0 Å². The van der Waals surface area contributed by atoms with Crippen molar-refractivity contribution in [3.05, 3.63) is 11.8 Å². The predicted octanol–water partition coefficient (Wildman–Crippen LogP) is 0.147. The van der Waals surface area contributed by atoms with E-state index in [0.29, 0.717) is 18.8 Å². The first kappa shape index (κ1) is 11.5. The molecule has 0 spiro atoms. The van der Waals surface area contributed by atoms with Gasteiger partial charge in [-0.3, -0.25) is 9.89 Å². The van der Waals surface area contributed by atoms with Crippen LogP contribution in [0, 0.1) is 0 Å². The number of carbonyl (C=O) groups is 1. The van der Waals surface area contributed by atoms with Crippen LogP contribution in [0.1, 0.15) is 24.2 Å². The number of rotatable bonds is 5. The lowest BCUT2D eigenvalue weighted by molar-refractivity contribution is 0.0873. The largest absolute Gasteiger partial charge is 0.383 e. The quantitative estimate of drug-likeness (QED) is 0.647. The normalized spacial score (nSPS) is 12.4. The number of amides is 1. The average Bonchev–Trinajstić information content (AvgIpc) is 2.61. The molecular formula is C9H16N4O2. The molecular weight excluding hydrogens is 196 g/mol. The summed E-state index contributed by atoms with van der Waals surface area (Å²) in [4.78, 5) is 11.6. The number of nitrogen functional groups attached to an aromatic ring is 1. The molecule has 0 bridgehead atoms. The summed E-state index contributed by atoms with van der Waals surface area (Å²) in [6, 6.07) is -0.0493. The van der Waals surface area contributed by atoms with Gasteiger partial charge in [-0.05, 0) is 13.8 Å². The Kier molecular flexibility index (Phi) is 4.11. The van der Waals surface area contributed by atoms with E-state index in [4.69, 9.17) is 10.5 Å². The lowest BCUT2D eigenvalue weighted by Crippen LogP contribution is -2.36. The number of aromatic amines is 1. The van der Waals surface area contributed by atoms with Crippen LogP contribution < -0.4 is 11.1 Å². The second kappa shape index (κ2) is 5.35. The van der Waals surface area contributed by atoms with Gasteiger partial charge in [0.05, 0.1) is 12.8 Å².